The van der Waals surface area contributed by atoms with Crippen molar-refractivity contribution >= 4 is 11.9 Å². The van der Waals surface area contributed by atoms with E-state index >= 15 is 0 Å². The summed E-state index contributed by atoms with van der Waals surface area (Å²) in [7, 11) is 0. The minimum Gasteiger partial charge on any atom is -0.454 e. The molecule has 11 heteroatoms. The number of rotatable bonds is 49. The third-order valence-electron chi connectivity index (χ3n) is 13.7. The predicted octanol–water partition coefficient (Wildman–Crippen LogP) is 13.3. The minimum absolute atomic E-state index is 0.0178. The highest BCUT2D eigenvalue weighted by Crippen LogP contribution is 2.26. The number of aliphatic hydroxyl groups is 5. The van der Waals surface area contributed by atoms with E-state index in [0.29, 0.717) is 12.8 Å². The Hall–Kier alpha value is -2.38. The van der Waals surface area contributed by atoms with Crippen LogP contribution in [0.25, 0.3) is 0 Å². The molecule has 1 saturated heterocycles. The molecule has 0 spiro atoms. The lowest BCUT2D eigenvalue weighted by Crippen LogP contribution is -2.61. The molecule has 1 amide bonds. The van der Waals surface area contributed by atoms with Gasteiger partial charge in [0.25, 0.3) is 0 Å². The Morgan fingerprint density at radius 2 is 0.972 bits per heavy atom. The Kier molecular flexibility index (Phi) is 45.6. The maximum Gasteiger partial charge on any atom is 0.306 e. The number of allylic oxidation sites excluding steroid dienone is 7. The average molecular weight is 1000 g/mol. The van der Waals surface area contributed by atoms with Crippen LogP contribution < -0.4 is 5.32 Å². The number of hydrogen-bond donors (Lipinski definition) is 6. The summed E-state index contributed by atoms with van der Waals surface area (Å²) in [4.78, 5) is 26.4. The lowest BCUT2D eigenvalue weighted by atomic mass is 9.99. The molecule has 0 aromatic rings. The quantitative estimate of drug-likeness (QED) is 0.0195. The van der Waals surface area contributed by atoms with Crippen LogP contribution in [0.4, 0.5) is 0 Å². The van der Waals surface area contributed by atoms with Gasteiger partial charge in [0.15, 0.2) is 12.4 Å². The van der Waals surface area contributed by atoms with Crippen molar-refractivity contribution in [1.82, 2.24) is 5.32 Å². The van der Waals surface area contributed by atoms with Crippen LogP contribution in [-0.2, 0) is 23.8 Å². The number of aliphatic hydroxyl groups excluding tert-OH is 5. The number of carbonyl (C=O) groups excluding carboxylic acids is 2. The van der Waals surface area contributed by atoms with Gasteiger partial charge in [-0.05, 0) is 70.6 Å². The molecule has 71 heavy (non-hydrogen) atoms. The van der Waals surface area contributed by atoms with E-state index in [1.54, 1.807) is 6.08 Å². The Morgan fingerprint density at radius 1 is 0.549 bits per heavy atom. The maximum atomic E-state index is 13.4. The van der Waals surface area contributed by atoms with Gasteiger partial charge in [-0.15, -0.1) is 0 Å². The van der Waals surface area contributed by atoms with Crippen LogP contribution in [0.15, 0.2) is 48.6 Å². The van der Waals surface area contributed by atoms with Crippen LogP contribution in [0.2, 0.25) is 0 Å². The van der Waals surface area contributed by atoms with Crippen LogP contribution in [-0.4, -0.2) is 99.6 Å². The van der Waals surface area contributed by atoms with Crippen molar-refractivity contribution < 1.29 is 49.3 Å². The van der Waals surface area contributed by atoms with Gasteiger partial charge in [-0.2, -0.15) is 0 Å². The van der Waals surface area contributed by atoms with Crippen LogP contribution in [0.3, 0.4) is 0 Å². The highest BCUT2D eigenvalue weighted by Gasteiger charge is 2.47. The summed E-state index contributed by atoms with van der Waals surface area (Å²) < 4.78 is 17.5. The van der Waals surface area contributed by atoms with Crippen LogP contribution in [0.5, 0.6) is 0 Å². The molecular weight excluding hydrogens is 895 g/mol. The Balaban J connectivity index is 2.72. The topological polar surface area (TPSA) is 175 Å². The molecule has 1 heterocycles. The number of amides is 1. The molecule has 0 aliphatic carbocycles. The highest BCUT2D eigenvalue weighted by atomic mass is 16.7. The van der Waals surface area contributed by atoms with Crippen LogP contribution in [0.1, 0.15) is 258 Å². The Labute approximate surface area is 434 Å². The van der Waals surface area contributed by atoms with E-state index in [1.165, 1.54) is 154 Å². The second-order valence-corrected chi connectivity index (χ2v) is 20.4. The lowest BCUT2D eigenvalue weighted by Gasteiger charge is -2.41. The van der Waals surface area contributed by atoms with Crippen molar-refractivity contribution in [2.45, 2.75) is 307 Å². The molecule has 1 aliphatic rings. The number of unbranched alkanes of at least 4 members (excludes halogenated alkanes) is 29. The van der Waals surface area contributed by atoms with E-state index in [4.69, 9.17) is 14.2 Å². The summed E-state index contributed by atoms with van der Waals surface area (Å²) in [5.41, 5.74) is 0. The summed E-state index contributed by atoms with van der Waals surface area (Å²) in [6, 6.07) is -1.03. The molecule has 6 N–H and O–H groups in total. The van der Waals surface area contributed by atoms with Crippen molar-refractivity contribution in [2.75, 3.05) is 13.2 Å². The largest absolute Gasteiger partial charge is 0.454 e. The number of carbonyl (C=O) groups is 2. The number of esters is 1. The minimum atomic E-state index is -1.63. The fourth-order valence-corrected chi connectivity index (χ4v) is 8.99. The SMILES string of the molecule is CCCCCCCC/C=C\C/C=C/CCC(=O)OC1C(OCC(NC(=O)C(O)CCCCCCCCCC/C=C/CCCCCCCC)C(O)/C=C/CCCCCCCCCCC)OC(CO)C(O)C1O. The summed E-state index contributed by atoms with van der Waals surface area (Å²) in [6.07, 6.45) is 47.4. The monoisotopic (exact) mass is 1000 g/mol. The molecule has 0 aromatic carbocycles. The fraction of sp³-hybridized carbons (Fsp3) is 0.833. The van der Waals surface area contributed by atoms with Gasteiger partial charge in [-0.25, -0.2) is 0 Å². The van der Waals surface area contributed by atoms with Gasteiger partial charge >= 0.3 is 5.97 Å². The van der Waals surface area contributed by atoms with E-state index in [0.717, 1.165) is 57.8 Å². The smallest absolute Gasteiger partial charge is 0.306 e. The Bertz CT molecular complexity index is 1340. The Morgan fingerprint density at radius 3 is 1.45 bits per heavy atom. The van der Waals surface area contributed by atoms with Gasteiger partial charge in [-0.1, -0.05) is 230 Å². The summed E-state index contributed by atoms with van der Waals surface area (Å²) in [6.45, 7) is 5.73. The molecular formula is C60H109NO10. The van der Waals surface area contributed by atoms with E-state index in [-0.39, 0.29) is 19.4 Å². The van der Waals surface area contributed by atoms with Crippen molar-refractivity contribution in [1.29, 1.82) is 0 Å². The average Bonchev–Trinajstić information content (AvgIpc) is 3.37. The molecule has 0 radical (unpaired) electrons. The molecule has 1 aliphatic heterocycles. The standard InChI is InChI=1S/C60H109NO10/c1-4-7-10-13-16-19-22-24-25-26-27-28-30-32-35-38-41-44-47-53(64)59(68)61-51(52(63)46-43-40-37-34-31-21-18-15-12-9-6-3)50-69-60-58(57(67)56(66)54(49-62)70-60)71-55(65)48-45-42-39-36-33-29-23-20-17-14-11-8-5-2/h24-25,29,33,39,42-43,46,51-54,56-58,60,62-64,66-67H,4-23,26-28,30-32,34-38,40-41,44-45,47-50H2,1-3H3,(H,61,68)/b25-24+,33-29-,42-39+,46-43+. The zero-order chi connectivity index (χ0) is 51.8. The second kappa shape index (κ2) is 48.6. The van der Waals surface area contributed by atoms with Gasteiger partial charge in [0.05, 0.1) is 25.4 Å². The van der Waals surface area contributed by atoms with E-state index < -0.39 is 67.4 Å². The summed E-state index contributed by atoms with van der Waals surface area (Å²) in [5, 5.41) is 56.8. The molecule has 0 saturated carbocycles. The van der Waals surface area contributed by atoms with E-state index in [1.807, 2.05) is 18.2 Å². The van der Waals surface area contributed by atoms with Gasteiger partial charge in [0, 0.05) is 6.42 Å². The highest BCUT2D eigenvalue weighted by molar-refractivity contribution is 5.80. The lowest BCUT2D eigenvalue weighted by molar-refractivity contribution is -0.305. The number of ether oxygens (including phenoxy) is 3. The van der Waals surface area contributed by atoms with Gasteiger partial charge in [-0.3, -0.25) is 9.59 Å². The first-order valence-corrected chi connectivity index (χ1v) is 29.4. The third kappa shape index (κ3) is 37.1. The van der Waals surface area contributed by atoms with Crippen molar-refractivity contribution in [2.24, 2.45) is 0 Å². The second-order valence-electron chi connectivity index (χ2n) is 20.4. The first kappa shape index (κ1) is 66.6. The van der Waals surface area contributed by atoms with Gasteiger partial charge in [0.1, 0.15) is 24.4 Å². The van der Waals surface area contributed by atoms with Gasteiger partial charge in [0.2, 0.25) is 5.91 Å². The molecule has 8 atom stereocenters. The van der Waals surface area contributed by atoms with Crippen molar-refractivity contribution in [3.8, 4) is 0 Å². The molecule has 8 unspecified atom stereocenters. The van der Waals surface area contributed by atoms with Crippen molar-refractivity contribution in [3.63, 3.8) is 0 Å². The van der Waals surface area contributed by atoms with E-state index in [2.05, 4.69) is 50.4 Å². The van der Waals surface area contributed by atoms with E-state index in [9.17, 15) is 35.1 Å². The molecule has 1 rings (SSSR count). The fourth-order valence-electron chi connectivity index (χ4n) is 8.99. The summed E-state index contributed by atoms with van der Waals surface area (Å²) in [5.74, 6) is -1.27. The molecule has 0 bridgehead atoms. The predicted molar refractivity (Wildman–Crippen MR) is 292 cm³/mol. The van der Waals surface area contributed by atoms with Crippen molar-refractivity contribution in [3.05, 3.63) is 48.6 Å². The van der Waals surface area contributed by atoms with Gasteiger partial charge < -0.3 is 45.1 Å². The third-order valence-corrected chi connectivity index (χ3v) is 13.7. The summed E-state index contributed by atoms with van der Waals surface area (Å²) >= 11 is 0. The number of hydrogen-bond acceptors (Lipinski definition) is 10. The number of nitrogens with one attached hydrogen (secondary N) is 1. The van der Waals surface area contributed by atoms with Crippen LogP contribution >= 0.6 is 0 Å². The molecule has 11 nitrogen and oxygen atoms in total. The zero-order valence-corrected chi connectivity index (χ0v) is 45.6. The normalized spacial score (nSPS) is 19.9. The van der Waals surface area contributed by atoms with Crippen LogP contribution in [0, 0.1) is 0 Å². The molecule has 1 fully saturated rings. The first-order valence-electron chi connectivity index (χ1n) is 29.4. The molecule has 0 aromatic heterocycles. The maximum absolute atomic E-state index is 13.4. The first-order chi connectivity index (χ1) is 34.7. The zero-order valence-electron chi connectivity index (χ0n) is 45.6. The molecule has 414 valence electrons.